The molecule has 3 unspecified atom stereocenters. The molecule has 0 aromatic heterocycles. The zero-order valence-corrected chi connectivity index (χ0v) is 13.4. The predicted octanol–water partition coefficient (Wildman–Crippen LogP) is -2.61. The Morgan fingerprint density at radius 3 is 2.04 bits per heavy atom. The summed E-state index contributed by atoms with van der Waals surface area (Å²) in [5.41, 5.74) is 5.49. The van der Waals surface area contributed by atoms with Gasteiger partial charge in [0.05, 0.1) is 12.6 Å². The fraction of sp³-hybridized carbons (Fsp3) is 0.615. The first-order valence-corrected chi connectivity index (χ1v) is 7.12. The van der Waals surface area contributed by atoms with Crippen molar-refractivity contribution in [2.45, 2.75) is 44.8 Å². The molecule has 0 aliphatic carbocycles. The van der Waals surface area contributed by atoms with Crippen molar-refractivity contribution in [1.29, 1.82) is 0 Å². The Morgan fingerprint density at radius 2 is 1.54 bits per heavy atom. The number of carbonyl (C=O) groups excluding carboxylic acids is 3. The highest BCUT2D eigenvalue weighted by Crippen LogP contribution is 1.96. The molecular weight excluding hydrogens is 324 g/mol. The number of carboxylic acid groups (broad SMARTS) is 2. The quantitative estimate of drug-likeness (QED) is 0.248. The van der Waals surface area contributed by atoms with Gasteiger partial charge in [0, 0.05) is 6.42 Å². The molecule has 0 saturated carbocycles. The molecule has 0 rings (SSSR count). The molecule has 11 nitrogen and oxygen atoms in total. The molecule has 0 heterocycles. The molecule has 0 aromatic carbocycles. The van der Waals surface area contributed by atoms with Gasteiger partial charge in [0.25, 0.3) is 0 Å². The van der Waals surface area contributed by atoms with Gasteiger partial charge in [-0.15, -0.1) is 0 Å². The number of carbonyl (C=O) groups is 5. The Bertz CT molecular complexity index is 509. The maximum absolute atomic E-state index is 11.7. The average molecular weight is 346 g/mol. The van der Waals surface area contributed by atoms with E-state index in [1.165, 1.54) is 13.8 Å². The second-order valence-electron chi connectivity index (χ2n) is 5.11. The van der Waals surface area contributed by atoms with Gasteiger partial charge in [0.15, 0.2) is 0 Å². The van der Waals surface area contributed by atoms with E-state index in [2.05, 4.69) is 16.0 Å². The molecule has 11 heteroatoms. The Kier molecular flexibility index (Phi) is 9.02. The third-order valence-electron chi connectivity index (χ3n) is 2.93. The third kappa shape index (κ3) is 8.68. The van der Waals surface area contributed by atoms with Crippen molar-refractivity contribution >= 4 is 29.7 Å². The second kappa shape index (κ2) is 10.2. The molecule has 0 spiro atoms. The SMILES string of the molecule is CC(NC(=O)CNC(=O)C(C)NC(=O)C(N)CCC(=O)O)C(=O)O. The van der Waals surface area contributed by atoms with E-state index < -0.39 is 54.3 Å². The van der Waals surface area contributed by atoms with E-state index in [0.717, 1.165) is 0 Å². The summed E-state index contributed by atoms with van der Waals surface area (Å²) in [7, 11) is 0. The highest BCUT2D eigenvalue weighted by molar-refractivity contribution is 5.92. The van der Waals surface area contributed by atoms with E-state index in [0.29, 0.717) is 0 Å². The first-order chi connectivity index (χ1) is 11.0. The van der Waals surface area contributed by atoms with Crippen LogP contribution < -0.4 is 21.7 Å². The average Bonchev–Trinajstić information content (AvgIpc) is 2.49. The lowest BCUT2D eigenvalue weighted by atomic mass is 10.1. The molecule has 0 aliphatic rings. The zero-order chi connectivity index (χ0) is 18.9. The van der Waals surface area contributed by atoms with Gasteiger partial charge in [-0.05, 0) is 20.3 Å². The Balaban J connectivity index is 4.23. The van der Waals surface area contributed by atoms with Gasteiger partial charge in [-0.3, -0.25) is 24.0 Å². The molecule has 0 fully saturated rings. The second-order valence-corrected chi connectivity index (χ2v) is 5.11. The Morgan fingerprint density at radius 1 is 0.958 bits per heavy atom. The number of carboxylic acids is 2. The minimum Gasteiger partial charge on any atom is -0.481 e. The van der Waals surface area contributed by atoms with Crippen LogP contribution in [0, 0.1) is 0 Å². The van der Waals surface area contributed by atoms with Crippen LogP contribution in [0.5, 0.6) is 0 Å². The van der Waals surface area contributed by atoms with Crippen molar-refractivity contribution in [2.75, 3.05) is 6.54 Å². The van der Waals surface area contributed by atoms with Crippen LogP contribution >= 0.6 is 0 Å². The monoisotopic (exact) mass is 346 g/mol. The van der Waals surface area contributed by atoms with Crippen LogP contribution in [0.3, 0.4) is 0 Å². The van der Waals surface area contributed by atoms with Crippen LogP contribution in [0.1, 0.15) is 26.7 Å². The Labute approximate surface area is 138 Å². The standard InChI is InChI=1S/C13H22N4O7/c1-6(17-12(22)8(14)3-4-10(19)20)11(21)15-5-9(18)16-7(2)13(23)24/h6-8H,3-5,14H2,1-2H3,(H,15,21)(H,16,18)(H,17,22)(H,19,20)(H,23,24). The number of nitrogens with two attached hydrogens (primary N) is 1. The van der Waals surface area contributed by atoms with E-state index in [1.807, 2.05) is 0 Å². The summed E-state index contributed by atoms with van der Waals surface area (Å²) in [5, 5.41) is 23.8. The van der Waals surface area contributed by atoms with Crippen LogP contribution in [0.15, 0.2) is 0 Å². The third-order valence-corrected chi connectivity index (χ3v) is 2.93. The lowest BCUT2D eigenvalue weighted by Crippen LogP contribution is -2.52. The lowest BCUT2D eigenvalue weighted by molar-refractivity contribution is -0.141. The highest BCUT2D eigenvalue weighted by atomic mass is 16.4. The summed E-state index contributed by atoms with van der Waals surface area (Å²) in [5.74, 6) is -4.37. The minimum atomic E-state index is -1.22. The van der Waals surface area contributed by atoms with Crippen molar-refractivity contribution in [3.05, 3.63) is 0 Å². The van der Waals surface area contributed by atoms with Crippen LogP contribution in [-0.2, 0) is 24.0 Å². The number of nitrogens with one attached hydrogen (secondary N) is 3. The first kappa shape index (κ1) is 21.3. The molecule has 3 atom stereocenters. The van der Waals surface area contributed by atoms with Gasteiger partial charge < -0.3 is 31.9 Å². The maximum Gasteiger partial charge on any atom is 0.325 e. The van der Waals surface area contributed by atoms with Crippen LogP contribution in [0.25, 0.3) is 0 Å². The fourth-order valence-corrected chi connectivity index (χ4v) is 1.47. The van der Waals surface area contributed by atoms with Gasteiger partial charge in [-0.1, -0.05) is 0 Å². The molecular formula is C13H22N4O7. The van der Waals surface area contributed by atoms with Gasteiger partial charge in [-0.25, -0.2) is 0 Å². The normalized spacial score (nSPS) is 14.0. The summed E-state index contributed by atoms with van der Waals surface area (Å²) >= 11 is 0. The van der Waals surface area contributed by atoms with Crippen molar-refractivity contribution in [1.82, 2.24) is 16.0 Å². The molecule has 0 aromatic rings. The highest BCUT2D eigenvalue weighted by Gasteiger charge is 2.21. The molecule has 3 amide bonds. The van der Waals surface area contributed by atoms with Gasteiger partial charge in [0.2, 0.25) is 17.7 Å². The summed E-state index contributed by atoms with van der Waals surface area (Å²) in [6, 6.07) is -3.17. The first-order valence-electron chi connectivity index (χ1n) is 7.12. The number of rotatable bonds is 10. The number of hydrogen-bond acceptors (Lipinski definition) is 6. The number of hydrogen-bond donors (Lipinski definition) is 6. The van der Waals surface area contributed by atoms with E-state index in [4.69, 9.17) is 15.9 Å². The van der Waals surface area contributed by atoms with Crippen molar-refractivity contribution in [3.63, 3.8) is 0 Å². The predicted molar refractivity (Wildman–Crippen MR) is 80.7 cm³/mol. The van der Waals surface area contributed by atoms with E-state index in [9.17, 15) is 24.0 Å². The smallest absolute Gasteiger partial charge is 0.325 e. The lowest BCUT2D eigenvalue weighted by Gasteiger charge is -2.17. The molecule has 0 radical (unpaired) electrons. The largest absolute Gasteiger partial charge is 0.481 e. The van der Waals surface area contributed by atoms with E-state index >= 15 is 0 Å². The summed E-state index contributed by atoms with van der Waals surface area (Å²) < 4.78 is 0. The summed E-state index contributed by atoms with van der Waals surface area (Å²) in [6.45, 7) is 2.17. The van der Waals surface area contributed by atoms with Gasteiger partial charge in [0.1, 0.15) is 12.1 Å². The van der Waals surface area contributed by atoms with Crippen LogP contribution in [0.2, 0.25) is 0 Å². The fourth-order valence-electron chi connectivity index (χ4n) is 1.47. The minimum absolute atomic E-state index is 0.0784. The summed E-state index contributed by atoms with van der Waals surface area (Å²) in [4.78, 5) is 55.8. The maximum atomic E-state index is 11.7. The topological polar surface area (TPSA) is 188 Å². The van der Waals surface area contributed by atoms with Gasteiger partial charge >= 0.3 is 11.9 Å². The molecule has 0 bridgehead atoms. The van der Waals surface area contributed by atoms with Gasteiger partial charge in [-0.2, -0.15) is 0 Å². The van der Waals surface area contributed by atoms with Crippen molar-refractivity contribution in [3.8, 4) is 0 Å². The zero-order valence-electron chi connectivity index (χ0n) is 13.4. The van der Waals surface area contributed by atoms with Crippen LogP contribution in [0.4, 0.5) is 0 Å². The molecule has 0 saturated heterocycles. The number of amides is 3. The Hall–Kier alpha value is -2.69. The summed E-state index contributed by atoms with van der Waals surface area (Å²) in [6.07, 6.45) is -0.359. The molecule has 136 valence electrons. The molecule has 24 heavy (non-hydrogen) atoms. The molecule has 0 aliphatic heterocycles. The van der Waals surface area contributed by atoms with Crippen molar-refractivity contribution in [2.24, 2.45) is 5.73 Å². The molecule has 7 N–H and O–H groups in total. The van der Waals surface area contributed by atoms with E-state index in [1.54, 1.807) is 0 Å². The number of aliphatic carboxylic acids is 2. The van der Waals surface area contributed by atoms with Crippen molar-refractivity contribution < 1.29 is 34.2 Å². The van der Waals surface area contributed by atoms with E-state index in [-0.39, 0.29) is 12.8 Å². The van der Waals surface area contributed by atoms with Crippen LogP contribution in [-0.4, -0.2) is 64.5 Å².